The van der Waals surface area contributed by atoms with Crippen molar-refractivity contribution < 1.29 is 4.74 Å². The van der Waals surface area contributed by atoms with Crippen LogP contribution >= 0.6 is 0 Å². The lowest BCUT2D eigenvalue weighted by atomic mass is 10.2. The highest BCUT2D eigenvalue weighted by atomic mass is 16.5. The molecule has 0 atom stereocenters. The van der Waals surface area contributed by atoms with Crippen LogP contribution in [0.4, 0.5) is 11.6 Å². The topological polar surface area (TPSA) is 64.3 Å². The Labute approximate surface area is 95.6 Å². The number of ether oxygens (including phenoxy) is 1. The van der Waals surface area contributed by atoms with Crippen LogP contribution in [0, 0.1) is 0 Å². The first-order valence-electron chi connectivity index (χ1n) is 5.61. The van der Waals surface area contributed by atoms with Gasteiger partial charge >= 0.3 is 0 Å². The number of nitrogens with two attached hydrogens (primary N) is 1. The van der Waals surface area contributed by atoms with E-state index in [4.69, 9.17) is 10.5 Å². The fourth-order valence-electron chi connectivity index (χ4n) is 2.29. The molecule has 0 saturated heterocycles. The third-order valence-corrected chi connectivity index (χ3v) is 3.22. The van der Waals surface area contributed by atoms with Crippen LogP contribution < -0.4 is 15.4 Å². The highest BCUT2D eigenvalue weighted by molar-refractivity contribution is 5.62. The van der Waals surface area contributed by atoms with Crippen LogP contribution in [-0.2, 0) is 0 Å². The summed E-state index contributed by atoms with van der Waals surface area (Å²) in [7, 11) is 3.64. The average molecular weight is 222 g/mol. The van der Waals surface area contributed by atoms with Gasteiger partial charge in [-0.1, -0.05) is 12.8 Å². The largest absolute Gasteiger partial charge is 0.490 e. The Morgan fingerprint density at radius 2 is 2.06 bits per heavy atom. The van der Waals surface area contributed by atoms with Crippen molar-refractivity contribution >= 4 is 11.6 Å². The maximum Gasteiger partial charge on any atom is 0.204 e. The lowest BCUT2D eigenvalue weighted by Crippen LogP contribution is -2.30. The zero-order valence-electron chi connectivity index (χ0n) is 9.81. The minimum Gasteiger partial charge on any atom is -0.490 e. The van der Waals surface area contributed by atoms with Gasteiger partial charge in [-0.05, 0) is 12.8 Å². The number of rotatable bonds is 3. The quantitative estimate of drug-likeness (QED) is 0.838. The molecule has 1 heterocycles. The molecule has 0 radical (unpaired) electrons. The summed E-state index contributed by atoms with van der Waals surface area (Å²) in [6.45, 7) is 0. The Bertz CT molecular complexity index is 363. The number of nitrogen functional groups attached to an aromatic ring is 1. The van der Waals surface area contributed by atoms with Crippen molar-refractivity contribution in [1.82, 2.24) is 9.97 Å². The van der Waals surface area contributed by atoms with Crippen LogP contribution in [0.2, 0.25) is 0 Å². The average Bonchev–Trinajstić information content (AvgIpc) is 2.81. The van der Waals surface area contributed by atoms with Crippen molar-refractivity contribution in [3.8, 4) is 5.75 Å². The van der Waals surface area contributed by atoms with Gasteiger partial charge < -0.3 is 15.4 Å². The molecule has 88 valence electrons. The molecular weight excluding hydrogens is 204 g/mol. The second-order valence-electron chi connectivity index (χ2n) is 4.16. The molecule has 5 heteroatoms. The van der Waals surface area contributed by atoms with Crippen molar-refractivity contribution in [3.05, 3.63) is 6.33 Å². The van der Waals surface area contributed by atoms with E-state index in [0.717, 1.165) is 5.82 Å². The fourth-order valence-corrected chi connectivity index (χ4v) is 2.29. The molecule has 2 N–H and O–H groups in total. The van der Waals surface area contributed by atoms with E-state index in [1.54, 1.807) is 7.11 Å². The monoisotopic (exact) mass is 222 g/mol. The summed E-state index contributed by atoms with van der Waals surface area (Å²) in [5.74, 6) is 1.77. The molecule has 1 saturated carbocycles. The van der Waals surface area contributed by atoms with Crippen LogP contribution in [0.3, 0.4) is 0 Å². The summed E-state index contributed by atoms with van der Waals surface area (Å²) >= 11 is 0. The molecule has 1 aromatic heterocycles. The predicted octanol–water partition coefficient (Wildman–Crippen LogP) is 1.45. The molecular formula is C11H18N4O. The van der Waals surface area contributed by atoms with Gasteiger partial charge in [0.1, 0.15) is 6.33 Å². The van der Waals surface area contributed by atoms with Crippen LogP contribution in [0.5, 0.6) is 5.75 Å². The smallest absolute Gasteiger partial charge is 0.204 e. The first-order chi connectivity index (χ1) is 7.74. The third kappa shape index (κ3) is 1.89. The van der Waals surface area contributed by atoms with Crippen molar-refractivity contribution in [3.63, 3.8) is 0 Å². The van der Waals surface area contributed by atoms with E-state index in [0.29, 0.717) is 17.6 Å². The van der Waals surface area contributed by atoms with Crippen molar-refractivity contribution in [2.45, 2.75) is 31.7 Å². The number of aromatic nitrogens is 2. The number of anilines is 2. The van der Waals surface area contributed by atoms with Gasteiger partial charge in [0.05, 0.1) is 7.11 Å². The molecule has 1 aliphatic rings. The standard InChI is InChI=1S/C11H18N4O/c1-15(8-5-3-4-6-8)11-9(16-2)10(12)13-7-14-11/h7-8H,3-6H2,1-2H3,(H2,12,13,14). The van der Waals surface area contributed by atoms with E-state index in [1.165, 1.54) is 32.0 Å². The Morgan fingerprint density at radius 3 is 2.69 bits per heavy atom. The molecule has 0 amide bonds. The number of nitrogens with zero attached hydrogens (tertiary/aromatic N) is 3. The van der Waals surface area contributed by atoms with Gasteiger partial charge in [-0.25, -0.2) is 9.97 Å². The Hall–Kier alpha value is -1.52. The summed E-state index contributed by atoms with van der Waals surface area (Å²) in [5.41, 5.74) is 5.77. The SMILES string of the molecule is COc1c(N)ncnc1N(C)C1CCCC1. The number of hydrogen-bond donors (Lipinski definition) is 1. The lowest BCUT2D eigenvalue weighted by Gasteiger charge is -2.26. The summed E-state index contributed by atoms with van der Waals surface area (Å²) in [6, 6.07) is 0.545. The number of hydrogen-bond acceptors (Lipinski definition) is 5. The summed E-state index contributed by atoms with van der Waals surface area (Å²) in [6.07, 6.45) is 6.49. The van der Waals surface area contributed by atoms with Crippen molar-refractivity contribution in [2.75, 3.05) is 24.8 Å². The van der Waals surface area contributed by atoms with E-state index >= 15 is 0 Å². The Balaban J connectivity index is 2.27. The highest BCUT2D eigenvalue weighted by Crippen LogP contribution is 2.33. The first-order valence-corrected chi connectivity index (χ1v) is 5.61. The highest BCUT2D eigenvalue weighted by Gasteiger charge is 2.23. The van der Waals surface area contributed by atoms with Crippen molar-refractivity contribution in [2.24, 2.45) is 0 Å². The van der Waals surface area contributed by atoms with Gasteiger partial charge in [-0.3, -0.25) is 0 Å². The maximum atomic E-state index is 5.77. The molecule has 1 fully saturated rings. The first kappa shape index (κ1) is 11.0. The molecule has 0 unspecified atom stereocenters. The zero-order chi connectivity index (χ0) is 11.5. The summed E-state index contributed by atoms with van der Waals surface area (Å²) in [4.78, 5) is 10.4. The van der Waals surface area contributed by atoms with Gasteiger partial charge in [0.25, 0.3) is 0 Å². The fraction of sp³-hybridized carbons (Fsp3) is 0.636. The molecule has 5 nitrogen and oxygen atoms in total. The van der Waals surface area contributed by atoms with E-state index in [-0.39, 0.29) is 0 Å². The molecule has 1 aromatic rings. The molecule has 2 rings (SSSR count). The van der Waals surface area contributed by atoms with Gasteiger partial charge in [0, 0.05) is 13.1 Å². The predicted molar refractivity (Wildman–Crippen MR) is 63.7 cm³/mol. The van der Waals surface area contributed by atoms with Gasteiger partial charge in [0.2, 0.25) is 5.75 Å². The zero-order valence-corrected chi connectivity index (χ0v) is 9.81. The van der Waals surface area contributed by atoms with Gasteiger partial charge in [0.15, 0.2) is 11.6 Å². The van der Waals surface area contributed by atoms with Crippen LogP contribution in [0.1, 0.15) is 25.7 Å². The minimum absolute atomic E-state index is 0.400. The van der Waals surface area contributed by atoms with E-state index in [2.05, 4.69) is 14.9 Å². The lowest BCUT2D eigenvalue weighted by molar-refractivity contribution is 0.411. The van der Waals surface area contributed by atoms with Crippen molar-refractivity contribution in [1.29, 1.82) is 0 Å². The minimum atomic E-state index is 0.400. The molecule has 16 heavy (non-hydrogen) atoms. The van der Waals surface area contributed by atoms with Gasteiger partial charge in [-0.2, -0.15) is 0 Å². The van der Waals surface area contributed by atoms with E-state index < -0.39 is 0 Å². The molecule has 0 bridgehead atoms. The molecule has 0 aromatic carbocycles. The van der Waals surface area contributed by atoms with E-state index in [1.807, 2.05) is 7.05 Å². The second-order valence-corrected chi connectivity index (χ2v) is 4.16. The van der Waals surface area contributed by atoms with Crippen LogP contribution in [-0.4, -0.2) is 30.2 Å². The summed E-state index contributed by atoms with van der Waals surface area (Å²) < 4.78 is 5.27. The Kier molecular flexibility index (Phi) is 3.12. The second kappa shape index (κ2) is 4.55. The van der Waals surface area contributed by atoms with Crippen LogP contribution in [0.25, 0.3) is 0 Å². The maximum absolute atomic E-state index is 5.77. The summed E-state index contributed by atoms with van der Waals surface area (Å²) in [5, 5.41) is 0. The third-order valence-electron chi connectivity index (χ3n) is 3.22. The molecule has 0 spiro atoms. The molecule has 0 aliphatic heterocycles. The van der Waals surface area contributed by atoms with E-state index in [9.17, 15) is 0 Å². The number of methoxy groups -OCH3 is 1. The Morgan fingerprint density at radius 1 is 1.38 bits per heavy atom. The van der Waals surface area contributed by atoms with Crippen LogP contribution in [0.15, 0.2) is 6.33 Å². The molecule has 1 aliphatic carbocycles. The van der Waals surface area contributed by atoms with Gasteiger partial charge in [-0.15, -0.1) is 0 Å². The normalized spacial score (nSPS) is 16.4.